The molecule has 1 heterocycles. The third-order valence-corrected chi connectivity index (χ3v) is 2.80. The predicted octanol–water partition coefficient (Wildman–Crippen LogP) is 1.98. The fourth-order valence-electron chi connectivity index (χ4n) is 1.65. The molecule has 0 spiro atoms. The van der Waals surface area contributed by atoms with Crippen LogP contribution in [-0.4, -0.2) is 22.8 Å². The summed E-state index contributed by atoms with van der Waals surface area (Å²) in [5.41, 5.74) is 0.424. The molecule has 1 aromatic heterocycles. The lowest BCUT2D eigenvalue weighted by molar-refractivity contribution is -0.117. The van der Waals surface area contributed by atoms with Gasteiger partial charge in [0.2, 0.25) is 5.91 Å². The van der Waals surface area contributed by atoms with E-state index in [4.69, 9.17) is 0 Å². The van der Waals surface area contributed by atoms with E-state index in [0.29, 0.717) is 5.56 Å². The van der Waals surface area contributed by atoms with Crippen LogP contribution in [0.1, 0.15) is 17.3 Å². The quantitative estimate of drug-likeness (QED) is 0.903. The normalized spacial score (nSPS) is 11.5. The zero-order valence-electron chi connectivity index (χ0n) is 11.3. The molecular weight excluding hydrogens is 273 g/mol. The second kappa shape index (κ2) is 6.60. The maximum absolute atomic E-state index is 13.4. The van der Waals surface area contributed by atoms with Crippen molar-refractivity contribution < 1.29 is 14.0 Å². The molecule has 1 unspecified atom stereocenters. The Morgan fingerprint density at radius 1 is 1.19 bits per heavy atom. The number of para-hydroxylation sites is 1. The van der Waals surface area contributed by atoms with Crippen LogP contribution in [0.15, 0.2) is 48.8 Å². The number of carbonyl (C=O) groups excluding carboxylic acids is 2. The number of benzene rings is 1. The van der Waals surface area contributed by atoms with Gasteiger partial charge in [-0.15, -0.1) is 0 Å². The minimum atomic E-state index is -0.808. The van der Waals surface area contributed by atoms with E-state index in [-0.39, 0.29) is 5.69 Å². The van der Waals surface area contributed by atoms with E-state index >= 15 is 0 Å². The Hall–Kier alpha value is -2.76. The van der Waals surface area contributed by atoms with Crippen LogP contribution in [0.2, 0.25) is 0 Å². The summed E-state index contributed by atoms with van der Waals surface area (Å²) in [4.78, 5) is 27.6. The lowest BCUT2D eigenvalue weighted by Crippen LogP contribution is -2.41. The molecule has 0 radical (unpaired) electrons. The number of rotatable bonds is 4. The Kier molecular flexibility index (Phi) is 4.61. The van der Waals surface area contributed by atoms with Gasteiger partial charge in [-0.05, 0) is 31.2 Å². The average molecular weight is 287 g/mol. The highest BCUT2D eigenvalue weighted by molar-refractivity contribution is 6.00. The van der Waals surface area contributed by atoms with Gasteiger partial charge in [0.15, 0.2) is 0 Å². The largest absolute Gasteiger partial charge is 0.340 e. The van der Waals surface area contributed by atoms with Crippen LogP contribution in [0.3, 0.4) is 0 Å². The minimum Gasteiger partial charge on any atom is -0.340 e. The van der Waals surface area contributed by atoms with Crippen molar-refractivity contribution in [1.82, 2.24) is 10.3 Å². The molecular formula is C15H14FN3O2. The van der Waals surface area contributed by atoms with Gasteiger partial charge in [0, 0.05) is 12.4 Å². The molecule has 2 N–H and O–H groups in total. The SMILES string of the molecule is CC(NC(=O)c1cccnc1)C(=O)Nc1ccccc1F. The molecule has 0 bridgehead atoms. The van der Waals surface area contributed by atoms with Gasteiger partial charge in [-0.25, -0.2) is 4.39 Å². The van der Waals surface area contributed by atoms with Crippen LogP contribution in [0.4, 0.5) is 10.1 Å². The van der Waals surface area contributed by atoms with Crippen LogP contribution in [0, 0.1) is 5.82 Å². The Balaban J connectivity index is 1.97. The van der Waals surface area contributed by atoms with Gasteiger partial charge in [0.1, 0.15) is 11.9 Å². The van der Waals surface area contributed by atoms with Gasteiger partial charge in [0.05, 0.1) is 11.3 Å². The first-order valence-corrected chi connectivity index (χ1v) is 6.34. The fraction of sp³-hybridized carbons (Fsp3) is 0.133. The average Bonchev–Trinajstić information content (AvgIpc) is 2.50. The summed E-state index contributed by atoms with van der Waals surface area (Å²) >= 11 is 0. The van der Waals surface area contributed by atoms with Crippen molar-refractivity contribution in [2.24, 2.45) is 0 Å². The van der Waals surface area contributed by atoms with Crippen molar-refractivity contribution in [3.8, 4) is 0 Å². The summed E-state index contributed by atoms with van der Waals surface area (Å²) in [5.74, 6) is -1.45. The molecule has 2 rings (SSSR count). The monoisotopic (exact) mass is 287 g/mol. The van der Waals surface area contributed by atoms with Crippen molar-refractivity contribution in [1.29, 1.82) is 0 Å². The number of pyridine rings is 1. The molecule has 6 heteroatoms. The second-order valence-corrected chi connectivity index (χ2v) is 4.41. The zero-order chi connectivity index (χ0) is 15.2. The van der Waals surface area contributed by atoms with Gasteiger partial charge in [0.25, 0.3) is 5.91 Å². The molecule has 0 fully saturated rings. The Morgan fingerprint density at radius 2 is 1.95 bits per heavy atom. The lowest BCUT2D eigenvalue weighted by atomic mass is 10.2. The van der Waals surface area contributed by atoms with E-state index < -0.39 is 23.7 Å². The third-order valence-electron chi connectivity index (χ3n) is 2.80. The topological polar surface area (TPSA) is 71.1 Å². The van der Waals surface area contributed by atoms with Crippen LogP contribution >= 0.6 is 0 Å². The molecule has 0 saturated heterocycles. The molecule has 2 amide bonds. The molecule has 0 aliphatic heterocycles. The summed E-state index contributed by atoms with van der Waals surface area (Å²) in [6, 6.07) is 8.23. The van der Waals surface area contributed by atoms with Crippen molar-refractivity contribution in [3.05, 3.63) is 60.2 Å². The number of halogens is 1. The second-order valence-electron chi connectivity index (χ2n) is 4.41. The standard InChI is InChI=1S/C15H14FN3O2/c1-10(18-15(21)11-5-4-8-17-9-11)14(20)19-13-7-3-2-6-12(13)16/h2-10H,1H3,(H,18,21)(H,19,20). The van der Waals surface area contributed by atoms with E-state index in [2.05, 4.69) is 15.6 Å². The highest BCUT2D eigenvalue weighted by Crippen LogP contribution is 2.12. The van der Waals surface area contributed by atoms with E-state index in [9.17, 15) is 14.0 Å². The van der Waals surface area contributed by atoms with Crippen molar-refractivity contribution in [2.75, 3.05) is 5.32 Å². The van der Waals surface area contributed by atoms with Gasteiger partial charge in [-0.3, -0.25) is 14.6 Å². The molecule has 0 saturated carbocycles. The van der Waals surface area contributed by atoms with Gasteiger partial charge >= 0.3 is 0 Å². The summed E-state index contributed by atoms with van der Waals surface area (Å²) in [7, 11) is 0. The number of nitrogens with zero attached hydrogens (tertiary/aromatic N) is 1. The molecule has 2 aromatic rings. The van der Waals surface area contributed by atoms with Crippen LogP contribution < -0.4 is 10.6 Å². The number of hydrogen-bond donors (Lipinski definition) is 2. The van der Waals surface area contributed by atoms with Gasteiger partial charge < -0.3 is 10.6 Å². The Morgan fingerprint density at radius 3 is 2.62 bits per heavy atom. The van der Waals surface area contributed by atoms with Crippen molar-refractivity contribution >= 4 is 17.5 Å². The third kappa shape index (κ3) is 3.85. The summed E-state index contributed by atoms with van der Waals surface area (Å²) in [5, 5.41) is 4.94. The number of anilines is 1. The van der Waals surface area contributed by atoms with E-state index in [1.165, 1.54) is 31.3 Å². The van der Waals surface area contributed by atoms with E-state index in [0.717, 1.165) is 0 Å². The summed E-state index contributed by atoms with van der Waals surface area (Å²) in [6.07, 6.45) is 2.95. The van der Waals surface area contributed by atoms with E-state index in [1.54, 1.807) is 24.4 Å². The predicted molar refractivity (Wildman–Crippen MR) is 76.2 cm³/mol. The van der Waals surface area contributed by atoms with E-state index in [1.807, 2.05) is 0 Å². The van der Waals surface area contributed by atoms with Crippen molar-refractivity contribution in [3.63, 3.8) is 0 Å². The van der Waals surface area contributed by atoms with Crippen LogP contribution in [0.5, 0.6) is 0 Å². The number of aromatic nitrogens is 1. The van der Waals surface area contributed by atoms with Crippen molar-refractivity contribution in [2.45, 2.75) is 13.0 Å². The number of carbonyl (C=O) groups is 2. The highest BCUT2D eigenvalue weighted by atomic mass is 19.1. The highest BCUT2D eigenvalue weighted by Gasteiger charge is 2.17. The molecule has 21 heavy (non-hydrogen) atoms. The maximum atomic E-state index is 13.4. The van der Waals surface area contributed by atoms with Crippen LogP contribution in [-0.2, 0) is 4.79 Å². The molecule has 1 atom stereocenters. The first-order valence-electron chi connectivity index (χ1n) is 6.34. The lowest BCUT2D eigenvalue weighted by Gasteiger charge is -2.14. The molecule has 1 aromatic carbocycles. The summed E-state index contributed by atoms with van der Waals surface area (Å²) < 4.78 is 13.4. The smallest absolute Gasteiger partial charge is 0.253 e. The van der Waals surface area contributed by atoms with Gasteiger partial charge in [-0.1, -0.05) is 12.1 Å². The van der Waals surface area contributed by atoms with Crippen LogP contribution in [0.25, 0.3) is 0 Å². The number of amides is 2. The first kappa shape index (κ1) is 14.6. The minimum absolute atomic E-state index is 0.0741. The molecule has 5 nitrogen and oxygen atoms in total. The Labute approximate surface area is 121 Å². The molecule has 0 aliphatic carbocycles. The molecule has 108 valence electrons. The maximum Gasteiger partial charge on any atom is 0.253 e. The Bertz CT molecular complexity index is 646. The number of nitrogens with one attached hydrogen (secondary N) is 2. The van der Waals surface area contributed by atoms with Gasteiger partial charge in [-0.2, -0.15) is 0 Å². The molecule has 0 aliphatic rings. The fourth-order valence-corrected chi connectivity index (χ4v) is 1.65. The summed E-state index contributed by atoms with van der Waals surface area (Å²) in [6.45, 7) is 1.52. The zero-order valence-corrected chi connectivity index (χ0v) is 11.3. The first-order chi connectivity index (χ1) is 10.1. The number of hydrogen-bond acceptors (Lipinski definition) is 3.